The van der Waals surface area contributed by atoms with E-state index in [-0.39, 0.29) is 24.1 Å². The number of halogens is 1. The largest absolute Gasteiger partial charge is 0.493 e. The van der Waals surface area contributed by atoms with Crippen molar-refractivity contribution in [2.75, 3.05) is 26.2 Å². The van der Waals surface area contributed by atoms with Gasteiger partial charge in [0, 0.05) is 24.1 Å². The summed E-state index contributed by atoms with van der Waals surface area (Å²) in [6.45, 7) is 9.61. The van der Waals surface area contributed by atoms with Crippen LogP contribution in [-0.2, 0) is 11.3 Å². The predicted octanol–water partition coefficient (Wildman–Crippen LogP) is 4.44. The van der Waals surface area contributed by atoms with Crippen LogP contribution in [0.1, 0.15) is 33.6 Å². The second kappa shape index (κ2) is 11.0. The Labute approximate surface area is 205 Å². The molecule has 4 rings (SSSR count). The van der Waals surface area contributed by atoms with Gasteiger partial charge in [-0.05, 0) is 75.5 Å². The van der Waals surface area contributed by atoms with E-state index < -0.39 is 5.82 Å². The highest BCUT2D eigenvalue weighted by atomic mass is 19.1. The van der Waals surface area contributed by atoms with Crippen LogP contribution in [0.25, 0.3) is 22.0 Å². The van der Waals surface area contributed by atoms with Crippen LogP contribution < -0.4 is 15.6 Å². The van der Waals surface area contributed by atoms with Gasteiger partial charge in [-0.3, -0.25) is 14.2 Å². The summed E-state index contributed by atoms with van der Waals surface area (Å²) in [6.07, 6.45) is 2.52. The Bertz CT molecular complexity index is 1250. The summed E-state index contributed by atoms with van der Waals surface area (Å²) in [5, 5.41) is 4.01. The summed E-state index contributed by atoms with van der Waals surface area (Å²) in [7, 11) is 0. The van der Waals surface area contributed by atoms with Crippen LogP contribution >= 0.6 is 0 Å². The Morgan fingerprint density at radius 2 is 1.86 bits per heavy atom. The second-order valence-electron chi connectivity index (χ2n) is 9.83. The number of pyridine rings is 1. The number of nitrogens with one attached hydrogen (secondary N) is 1. The van der Waals surface area contributed by atoms with Crippen molar-refractivity contribution in [2.45, 2.75) is 46.2 Å². The van der Waals surface area contributed by atoms with E-state index in [9.17, 15) is 14.0 Å². The number of amides is 1. The van der Waals surface area contributed by atoms with Gasteiger partial charge in [0.05, 0.1) is 17.7 Å². The summed E-state index contributed by atoms with van der Waals surface area (Å²) in [5.41, 5.74) is 0.724. The first-order chi connectivity index (χ1) is 16.8. The van der Waals surface area contributed by atoms with Crippen molar-refractivity contribution < 1.29 is 13.9 Å². The lowest BCUT2D eigenvalue weighted by Gasteiger charge is -2.20. The number of ether oxygens (including phenoxy) is 1. The fourth-order valence-electron chi connectivity index (χ4n) is 4.67. The molecule has 0 saturated carbocycles. The molecule has 2 heterocycles. The highest BCUT2D eigenvalue weighted by molar-refractivity contribution is 5.87. The molecule has 35 heavy (non-hydrogen) atoms. The van der Waals surface area contributed by atoms with Crippen LogP contribution in [0.5, 0.6) is 5.75 Å². The molecule has 0 spiro atoms. The fourth-order valence-corrected chi connectivity index (χ4v) is 4.67. The van der Waals surface area contributed by atoms with Gasteiger partial charge in [0.2, 0.25) is 5.91 Å². The van der Waals surface area contributed by atoms with Crippen LogP contribution in [0.2, 0.25) is 0 Å². The zero-order valence-electron chi connectivity index (χ0n) is 20.7. The number of rotatable bonds is 9. The van der Waals surface area contributed by atoms with Crippen molar-refractivity contribution in [3.63, 3.8) is 0 Å². The van der Waals surface area contributed by atoms with Crippen molar-refractivity contribution in [3.8, 4) is 17.0 Å². The van der Waals surface area contributed by atoms with Crippen molar-refractivity contribution in [3.05, 3.63) is 64.7 Å². The molecule has 1 fully saturated rings. The third-order valence-corrected chi connectivity index (χ3v) is 6.26. The van der Waals surface area contributed by atoms with Gasteiger partial charge in [-0.2, -0.15) is 0 Å². The average molecular weight is 480 g/mol. The number of aromatic nitrogens is 1. The van der Waals surface area contributed by atoms with Crippen LogP contribution in [0, 0.1) is 11.7 Å². The van der Waals surface area contributed by atoms with E-state index in [0.29, 0.717) is 40.3 Å². The van der Waals surface area contributed by atoms with E-state index in [1.165, 1.54) is 29.5 Å². The van der Waals surface area contributed by atoms with Gasteiger partial charge in [0.1, 0.15) is 18.1 Å². The van der Waals surface area contributed by atoms with E-state index in [4.69, 9.17) is 4.74 Å². The normalized spacial score (nSPS) is 15.0. The lowest BCUT2D eigenvalue weighted by molar-refractivity contribution is -0.122. The van der Waals surface area contributed by atoms with Crippen molar-refractivity contribution in [1.29, 1.82) is 0 Å². The number of carbonyl (C=O) groups excluding carboxylic acids is 1. The van der Waals surface area contributed by atoms with E-state index in [2.05, 4.69) is 17.1 Å². The van der Waals surface area contributed by atoms with Gasteiger partial charge in [-0.1, -0.05) is 25.1 Å². The van der Waals surface area contributed by atoms with Crippen molar-refractivity contribution >= 4 is 16.7 Å². The zero-order valence-corrected chi connectivity index (χ0v) is 20.7. The fraction of sp³-hybridized carbons (Fsp3) is 0.429. The highest BCUT2D eigenvalue weighted by Gasteiger charge is 2.17. The molecule has 3 aromatic rings. The Hall–Kier alpha value is -3.19. The molecule has 0 radical (unpaired) electrons. The summed E-state index contributed by atoms with van der Waals surface area (Å²) < 4.78 is 21.4. The molecule has 0 aliphatic carbocycles. The monoisotopic (exact) mass is 479 g/mol. The van der Waals surface area contributed by atoms with Crippen molar-refractivity contribution in [2.24, 2.45) is 5.92 Å². The van der Waals surface area contributed by atoms with Crippen LogP contribution in [-0.4, -0.2) is 47.7 Å². The maximum Gasteiger partial charge on any atom is 0.259 e. The van der Waals surface area contributed by atoms with Gasteiger partial charge in [0.25, 0.3) is 5.56 Å². The van der Waals surface area contributed by atoms with Crippen LogP contribution in [0.15, 0.2) is 53.3 Å². The SMILES string of the molecule is CC(COc1ccc2cc(-c3cccc(F)c3)n(CC(=O)NC(C)C)c(=O)c2c1)CN1CCCC1. The number of carbonyl (C=O) groups is 1. The molecule has 1 saturated heterocycles. The highest BCUT2D eigenvalue weighted by Crippen LogP contribution is 2.26. The summed E-state index contributed by atoms with van der Waals surface area (Å²) >= 11 is 0. The summed E-state index contributed by atoms with van der Waals surface area (Å²) in [6, 6.07) is 13.3. The smallest absolute Gasteiger partial charge is 0.259 e. The molecule has 0 bridgehead atoms. The van der Waals surface area contributed by atoms with E-state index in [1.807, 2.05) is 32.0 Å². The Morgan fingerprint density at radius 1 is 1.09 bits per heavy atom. The molecular formula is C28H34FN3O3. The minimum absolute atomic E-state index is 0.0566. The molecule has 186 valence electrons. The van der Waals surface area contributed by atoms with Gasteiger partial charge in [-0.25, -0.2) is 4.39 Å². The molecule has 6 nitrogen and oxygen atoms in total. The molecule has 1 atom stereocenters. The van der Waals surface area contributed by atoms with E-state index >= 15 is 0 Å². The van der Waals surface area contributed by atoms with Crippen LogP contribution in [0.3, 0.4) is 0 Å². The first kappa shape index (κ1) is 24.9. The first-order valence-electron chi connectivity index (χ1n) is 12.4. The third kappa shape index (κ3) is 6.28. The zero-order chi connectivity index (χ0) is 24.9. The Balaban J connectivity index is 1.65. The minimum Gasteiger partial charge on any atom is -0.493 e. The molecule has 1 unspecified atom stereocenters. The predicted molar refractivity (Wildman–Crippen MR) is 137 cm³/mol. The van der Waals surface area contributed by atoms with Gasteiger partial charge in [0.15, 0.2) is 0 Å². The van der Waals surface area contributed by atoms with E-state index in [0.717, 1.165) is 19.6 Å². The first-order valence-corrected chi connectivity index (χ1v) is 12.4. The molecule has 1 aromatic heterocycles. The molecule has 1 N–H and O–H groups in total. The second-order valence-corrected chi connectivity index (χ2v) is 9.83. The van der Waals surface area contributed by atoms with Crippen LogP contribution in [0.4, 0.5) is 4.39 Å². The van der Waals surface area contributed by atoms with Crippen molar-refractivity contribution in [1.82, 2.24) is 14.8 Å². The topological polar surface area (TPSA) is 63.6 Å². The molecule has 7 heteroatoms. The summed E-state index contributed by atoms with van der Waals surface area (Å²) in [5.74, 6) is 0.317. The lowest BCUT2D eigenvalue weighted by atomic mass is 10.1. The lowest BCUT2D eigenvalue weighted by Crippen LogP contribution is -2.36. The van der Waals surface area contributed by atoms with E-state index in [1.54, 1.807) is 18.2 Å². The number of likely N-dealkylation sites (tertiary alicyclic amines) is 1. The Kier molecular flexibility index (Phi) is 7.86. The van der Waals surface area contributed by atoms with Gasteiger partial charge >= 0.3 is 0 Å². The molecule has 1 aliphatic heterocycles. The number of hydrogen-bond donors (Lipinski definition) is 1. The third-order valence-electron chi connectivity index (χ3n) is 6.26. The number of nitrogens with zero attached hydrogens (tertiary/aromatic N) is 2. The number of hydrogen-bond acceptors (Lipinski definition) is 4. The number of fused-ring (bicyclic) bond motifs is 1. The average Bonchev–Trinajstić information content (AvgIpc) is 3.32. The molecule has 1 aliphatic rings. The maximum absolute atomic E-state index is 14.0. The summed E-state index contributed by atoms with van der Waals surface area (Å²) in [4.78, 5) is 28.6. The Morgan fingerprint density at radius 3 is 2.57 bits per heavy atom. The molecular weight excluding hydrogens is 445 g/mol. The minimum atomic E-state index is -0.403. The maximum atomic E-state index is 14.0. The number of benzene rings is 2. The van der Waals surface area contributed by atoms with Gasteiger partial charge < -0.3 is 15.0 Å². The van der Waals surface area contributed by atoms with Gasteiger partial charge in [-0.15, -0.1) is 0 Å². The quantitative estimate of drug-likeness (QED) is 0.493. The molecule has 1 amide bonds. The standard InChI is InChI=1S/C28H34FN3O3/c1-19(2)30-27(33)17-32-26(22-7-6-8-23(29)13-22)14-21-9-10-24(15-25(21)28(32)34)35-18-20(3)16-31-11-4-5-12-31/h6-10,13-15,19-20H,4-5,11-12,16-18H2,1-3H3,(H,30,33). The molecule has 2 aromatic carbocycles.